The van der Waals surface area contributed by atoms with Gasteiger partial charge in [-0.25, -0.2) is 4.39 Å². The lowest BCUT2D eigenvalue weighted by Crippen LogP contribution is -2.36. The molecule has 2 nitrogen and oxygen atoms in total. The van der Waals surface area contributed by atoms with Crippen LogP contribution in [0.3, 0.4) is 0 Å². The minimum atomic E-state index is -0.393. The molecule has 2 fully saturated rings. The number of hydrogen-bond donors (Lipinski definition) is 0. The molecule has 2 unspecified atom stereocenters. The van der Waals surface area contributed by atoms with Crippen LogP contribution in [0.2, 0.25) is 0 Å². The Labute approximate surface area is 138 Å². The highest BCUT2D eigenvalue weighted by Gasteiger charge is 2.33. The first-order chi connectivity index (χ1) is 11.0. The summed E-state index contributed by atoms with van der Waals surface area (Å²) in [5, 5.41) is 0. The van der Waals surface area contributed by atoms with Gasteiger partial charge in [-0.2, -0.15) is 0 Å². The Morgan fingerprint density at radius 3 is 2.39 bits per heavy atom. The highest BCUT2D eigenvalue weighted by atomic mass is 19.1. The summed E-state index contributed by atoms with van der Waals surface area (Å²) in [4.78, 5) is 12.5. The lowest BCUT2D eigenvalue weighted by Gasteiger charge is -2.36. The highest BCUT2D eigenvalue weighted by molar-refractivity contribution is 5.99. The lowest BCUT2D eigenvalue weighted by molar-refractivity contribution is -0.0261. The van der Waals surface area contributed by atoms with Crippen molar-refractivity contribution < 1.29 is 13.9 Å². The smallest absolute Gasteiger partial charge is 0.191 e. The summed E-state index contributed by atoms with van der Waals surface area (Å²) in [5.74, 6) is 1.84. The van der Waals surface area contributed by atoms with E-state index in [4.69, 9.17) is 4.74 Å². The van der Waals surface area contributed by atoms with Crippen LogP contribution >= 0.6 is 0 Å². The molecule has 0 bridgehead atoms. The van der Waals surface area contributed by atoms with Crippen LogP contribution in [-0.4, -0.2) is 18.5 Å². The van der Waals surface area contributed by atoms with Gasteiger partial charge in [-0.05, 0) is 62.0 Å². The van der Waals surface area contributed by atoms with E-state index < -0.39 is 6.10 Å². The zero-order valence-corrected chi connectivity index (χ0v) is 14.2. The summed E-state index contributed by atoms with van der Waals surface area (Å²) in [5.41, 5.74) is 1.00. The van der Waals surface area contributed by atoms with Crippen LogP contribution in [0.4, 0.5) is 4.39 Å². The van der Waals surface area contributed by atoms with Crippen LogP contribution in [0.5, 0.6) is 0 Å². The largest absolute Gasteiger partial charge is 0.370 e. The molecule has 1 aliphatic heterocycles. The molecule has 0 aromatic heterocycles. The molecule has 1 aliphatic carbocycles. The van der Waals surface area contributed by atoms with E-state index in [9.17, 15) is 9.18 Å². The number of carbonyl (C=O) groups excluding carboxylic acids is 1. The number of rotatable bonds is 3. The molecule has 1 aromatic rings. The average molecular weight is 318 g/mol. The van der Waals surface area contributed by atoms with Crippen molar-refractivity contribution in [2.24, 2.45) is 17.8 Å². The second-order valence-corrected chi connectivity index (χ2v) is 7.51. The second-order valence-electron chi connectivity index (χ2n) is 7.51. The predicted molar refractivity (Wildman–Crippen MR) is 89.1 cm³/mol. The van der Waals surface area contributed by atoms with Crippen molar-refractivity contribution in [3.8, 4) is 0 Å². The Kier molecular flexibility index (Phi) is 5.15. The van der Waals surface area contributed by atoms with Crippen molar-refractivity contribution in [2.45, 2.75) is 58.5 Å². The van der Waals surface area contributed by atoms with E-state index in [1.54, 1.807) is 19.1 Å². The van der Waals surface area contributed by atoms with E-state index in [0.717, 1.165) is 24.7 Å². The number of aryl methyl sites for hydroxylation is 1. The van der Waals surface area contributed by atoms with Gasteiger partial charge in [0.25, 0.3) is 0 Å². The molecule has 2 atom stereocenters. The first-order valence-electron chi connectivity index (χ1n) is 8.96. The van der Waals surface area contributed by atoms with Crippen LogP contribution in [0.25, 0.3) is 0 Å². The SMILES string of the molecule is Cc1ccc(C(=O)C2CCC(C3CCC(C)CC3)CO2)cc1F. The van der Waals surface area contributed by atoms with Crippen LogP contribution in [0.1, 0.15) is 61.4 Å². The Balaban J connectivity index is 1.56. The van der Waals surface area contributed by atoms with E-state index >= 15 is 0 Å². The first-order valence-corrected chi connectivity index (χ1v) is 8.96. The molecule has 3 heteroatoms. The molecule has 1 saturated heterocycles. The van der Waals surface area contributed by atoms with E-state index in [1.807, 2.05) is 0 Å². The quantitative estimate of drug-likeness (QED) is 0.738. The van der Waals surface area contributed by atoms with Gasteiger partial charge >= 0.3 is 0 Å². The zero-order valence-electron chi connectivity index (χ0n) is 14.2. The zero-order chi connectivity index (χ0) is 16.4. The number of Topliss-reactive ketones (excluding diaryl/α,β-unsaturated/α-hetero) is 1. The highest BCUT2D eigenvalue weighted by Crippen LogP contribution is 2.37. The van der Waals surface area contributed by atoms with Gasteiger partial charge in [0.1, 0.15) is 11.9 Å². The van der Waals surface area contributed by atoms with Gasteiger partial charge in [0.05, 0.1) is 6.61 Å². The maximum atomic E-state index is 13.7. The molecule has 126 valence electrons. The van der Waals surface area contributed by atoms with Crippen molar-refractivity contribution in [3.63, 3.8) is 0 Å². The fraction of sp³-hybridized carbons (Fsp3) is 0.650. The van der Waals surface area contributed by atoms with Gasteiger partial charge in [0.2, 0.25) is 0 Å². The van der Waals surface area contributed by atoms with Gasteiger partial charge in [0, 0.05) is 5.56 Å². The molecule has 1 saturated carbocycles. The fourth-order valence-corrected chi connectivity index (χ4v) is 4.04. The molecule has 23 heavy (non-hydrogen) atoms. The van der Waals surface area contributed by atoms with E-state index in [1.165, 1.54) is 31.7 Å². The van der Waals surface area contributed by atoms with Crippen LogP contribution in [0, 0.1) is 30.5 Å². The number of ketones is 1. The molecule has 2 aliphatic rings. The minimum Gasteiger partial charge on any atom is -0.370 e. The Bertz CT molecular complexity index is 553. The monoisotopic (exact) mass is 318 g/mol. The van der Waals surface area contributed by atoms with Crippen molar-refractivity contribution in [2.75, 3.05) is 6.61 Å². The molecule has 0 N–H and O–H groups in total. The normalized spacial score (nSPS) is 31.8. The maximum absolute atomic E-state index is 13.7. The summed E-state index contributed by atoms with van der Waals surface area (Å²) in [6.45, 7) is 4.73. The van der Waals surface area contributed by atoms with Crippen molar-refractivity contribution in [1.82, 2.24) is 0 Å². The van der Waals surface area contributed by atoms with Gasteiger partial charge in [-0.1, -0.05) is 31.9 Å². The first kappa shape index (κ1) is 16.6. The summed E-state index contributed by atoms with van der Waals surface area (Å²) in [6.07, 6.45) is 6.69. The predicted octanol–water partition coefficient (Wildman–Crippen LogP) is 4.94. The van der Waals surface area contributed by atoms with Gasteiger partial charge < -0.3 is 4.74 Å². The summed E-state index contributed by atoms with van der Waals surface area (Å²) in [7, 11) is 0. The molecular weight excluding hydrogens is 291 g/mol. The third kappa shape index (κ3) is 3.82. The second kappa shape index (κ2) is 7.12. The van der Waals surface area contributed by atoms with E-state index in [-0.39, 0.29) is 11.6 Å². The van der Waals surface area contributed by atoms with E-state index in [2.05, 4.69) is 6.92 Å². The van der Waals surface area contributed by atoms with Crippen LogP contribution < -0.4 is 0 Å². The molecular formula is C20H27FO2. The topological polar surface area (TPSA) is 26.3 Å². The number of carbonyl (C=O) groups is 1. The van der Waals surface area contributed by atoms with Crippen molar-refractivity contribution >= 4 is 5.78 Å². The number of halogens is 1. The van der Waals surface area contributed by atoms with Crippen LogP contribution in [-0.2, 0) is 4.74 Å². The lowest BCUT2D eigenvalue weighted by atomic mass is 9.74. The Morgan fingerprint density at radius 2 is 1.78 bits per heavy atom. The third-order valence-corrected chi connectivity index (χ3v) is 5.79. The minimum absolute atomic E-state index is 0.0698. The van der Waals surface area contributed by atoms with Crippen LogP contribution in [0.15, 0.2) is 18.2 Å². The van der Waals surface area contributed by atoms with E-state index in [0.29, 0.717) is 23.7 Å². The molecule has 0 spiro atoms. The molecule has 1 heterocycles. The van der Waals surface area contributed by atoms with Gasteiger partial charge in [0.15, 0.2) is 5.78 Å². The summed E-state index contributed by atoms with van der Waals surface area (Å²) in [6, 6.07) is 4.71. The maximum Gasteiger partial charge on any atom is 0.191 e. The Morgan fingerprint density at radius 1 is 1.09 bits per heavy atom. The van der Waals surface area contributed by atoms with Gasteiger partial charge in [-0.15, -0.1) is 0 Å². The fourth-order valence-electron chi connectivity index (χ4n) is 4.04. The molecule has 1 aromatic carbocycles. The van der Waals surface area contributed by atoms with Gasteiger partial charge in [-0.3, -0.25) is 4.79 Å². The summed E-state index contributed by atoms with van der Waals surface area (Å²) < 4.78 is 19.5. The number of benzene rings is 1. The van der Waals surface area contributed by atoms with Crippen molar-refractivity contribution in [3.05, 3.63) is 35.1 Å². The summed E-state index contributed by atoms with van der Waals surface area (Å²) >= 11 is 0. The van der Waals surface area contributed by atoms with Crippen molar-refractivity contribution in [1.29, 1.82) is 0 Å². The number of hydrogen-bond acceptors (Lipinski definition) is 2. The third-order valence-electron chi connectivity index (χ3n) is 5.79. The average Bonchev–Trinajstić information content (AvgIpc) is 2.57. The molecule has 3 rings (SSSR count). The number of ether oxygens (including phenoxy) is 1. The molecule has 0 radical (unpaired) electrons. The standard InChI is InChI=1S/C20H27FO2/c1-13-3-6-15(7-4-13)17-9-10-19(23-12-17)20(22)16-8-5-14(2)18(21)11-16/h5,8,11,13,15,17,19H,3-4,6-7,9-10,12H2,1-2H3. The molecule has 0 amide bonds. The Hall–Kier alpha value is -1.22.